The molecule has 1 spiro atoms. The summed E-state index contributed by atoms with van der Waals surface area (Å²) in [6.07, 6.45) is 9.53. The summed E-state index contributed by atoms with van der Waals surface area (Å²) in [6.45, 7) is 2.79. The van der Waals surface area contributed by atoms with Crippen LogP contribution in [0.5, 0.6) is 0 Å². The van der Waals surface area contributed by atoms with Crippen molar-refractivity contribution in [2.75, 3.05) is 26.7 Å². The van der Waals surface area contributed by atoms with E-state index in [1.165, 1.54) is 44.9 Å². The van der Waals surface area contributed by atoms with Crippen LogP contribution in [0.4, 0.5) is 0 Å². The second-order valence-electron chi connectivity index (χ2n) is 6.04. The number of carboxylic acid groups (broad SMARTS) is 1. The molecular formula is C14H26N2O2. The van der Waals surface area contributed by atoms with E-state index in [0.29, 0.717) is 12.0 Å². The van der Waals surface area contributed by atoms with E-state index >= 15 is 0 Å². The Morgan fingerprint density at radius 3 is 2.33 bits per heavy atom. The normalized spacial score (nSPS) is 26.1. The molecule has 1 atom stereocenters. The Labute approximate surface area is 110 Å². The van der Waals surface area contributed by atoms with Crippen LogP contribution >= 0.6 is 0 Å². The zero-order chi connectivity index (χ0) is 13.0. The van der Waals surface area contributed by atoms with Crippen LogP contribution in [0.2, 0.25) is 0 Å². The highest BCUT2D eigenvalue weighted by Crippen LogP contribution is 2.44. The first-order valence-corrected chi connectivity index (χ1v) is 7.28. The van der Waals surface area contributed by atoms with E-state index in [2.05, 4.69) is 10.2 Å². The molecule has 0 bridgehead atoms. The Hall–Kier alpha value is -0.610. The van der Waals surface area contributed by atoms with E-state index in [-0.39, 0.29) is 0 Å². The molecule has 2 aliphatic rings. The Bertz CT molecular complexity index is 278. The third kappa shape index (κ3) is 3.23. The van der Waals surface area contributed by atoms with Crippen LogP contribution in [-0.4, -0.2) is 48.7 Å². The predicted molar refractivity (Wildman–Crippen MR) is 71.7 cm³/mol. The van der Waals surface area contributed by atoms with Crippen molar-refractivity contribution in [2.45, 2.75) is 51.0 Å². The molecule has 1 aliphatic carbocycles. The Kier molecular flexibility index (Phi) is 4.62. The van der Waals surface area contributed by atoms with E-state index < -0.39 is 12.0 Å². The Morgan fingerprint density at radius 2 is 1.83 bits per heavy atom. The minimum atomic E-state index is -0.740. The quantitative estimate of drug-likeness (QED) is 0.802. The molecule has 1 unspecified atom stereocenters. The molecule has 4 heteroatoms. The lowest BCUT2D eigenvalue weighted by Gasteiger charge is -2.44. The van der Waals surface area contributed by atoms with Crippen LogP contribution in [0.25, 0.3) is 0 Å². The number of hydrogen-bond donors (Lipinski definition) is 2. The maximum atomic E-state index is 11.0. The van der Waals surface area contributed by atoms with Gasteiger partial charge in [-0.05, 0) is 51.2 Å². The zero-order valence-corrected chi connectivity index (χ0v) is 11.5. The van der Waals surface area contributed by atoms with Crippen LogP contribution in [0.3, 0.4) is 0 Å². The Balaban J connectivity index is 1.80. The van der Waals surface area contributed by atoms with Crippen LogP contribution in [-0.2, 0) is 4.79 Å². The molecule has 2 N–H and O–H groups in total. The van der Waals surface area contributed by atoms with Gasteiger partial charge in [0, 0.05) is 6.54 Å². The number of likely N-dealkylation sites (tertiary alicyclic amines) is 1. The summed E-state index contributed by atoms with van der Waals surface area (Å²) < 4.78 is 0. The lowest BCUT2D eigenvalue weighted by Crippen LogP contribution is -2.49. The van der Waals surface area contributed by atoms with E-state index in [0.717, 1.165) is 13.1 Å². The summed E-state index contributed by atoms with van der Waals surface area (Å²) in [5.41, 5.74) is 0.604. The van der Waals surface area contributed by atoms with E-state index in [4.69, 9.17) is 5.11 Å². The second kappa shape index (κ2) is 6.02. The third-order valence-corrected chi connectivity index (χ3v) is 4.92. The molecule has 0 radical (unpaired) electrons. The maximum Gasteiger partial charge on any atom is 0.322 e. The summed E-state index contributed by atoms with van der Waals surface area (Å²) in [4.78, 5) is 13.3. The van der Waals surface area contributed by atoms with Gasteiger partial charge in [0.25, 0.3) is 0 Å². The van der Waals surface area contributed by atoms with Gasteiger partial charge in [-0.1, -0.05) is 19.3 Å². The monoisotopic (exact) mass is 254 g/mol. The first-order chi connectivity index (χ1) is 8.65. The van der Waals surface area contributed by atoms with Gasteiger partial charge in [-0.15, -0.1) is 0 Å². The lowest BCUT2D eigenvalue weighted by molar-refractivity contribution is -0.140. The number of likely N-dealkylation sites (N-methyl/N-ethyl adjacent to an activating group) is 1. The largest absolute Gasteiger partial charge is 0.480 e. The molecule has 2 fully saturated rings. The van der Waals surface area contributed by atoms with Gasteiger partial charge in [0.15, 0.2) is 0 Å². The van der Waals surface area contributed by atoms with Crippen molar-refractivity contribution in [3.8, 4) is 0 Å². The molecule has 0 aromatic heterocycles. The minimum absolute atomic E-state index is 0.426. The second-order valence-corrected chi connectivity index (χ2v) is 6.04. The van der Waals surface area contributed by atoms with Gasteiger partial charge in [-0.3, -0.25) is 4.79 Å². The maximum absolute atomic E-state index is 11.0. The molecule has 0 amide bonds. The van der Waals surface area contributed by atoms with Crippen molar-refractivity contribution in [3.63, 3.8) is 0 Å². The highest BCUT2D eigenvalue weighted by atomic mass is 16.4. The number of nitrogens with one attached hydrogen (secondary N) is 1. The van der Waals surface area contributed by atoms with Crippen molar-refractivity contribution in [1.29, 1.82) is 0 Å². The predicted octanol–water partition coefficient (Wildman–Crippen LogP) is 1.71. The van der Waals surface area contributed by atoms with Gasteiger partial charge in [-0.2, -0.15) is 0 Å². The molecule has 0 aromatic carbocycles. The van der Waals surface area contributed by atoms with E-state index in [1.807, 2.05) is 0 Å². The van der Waals surface area contributed by atoms with Gasteiger partial charge in [-0.25, -0.2) is 0 Å². The van der Waals surface area contributed by atoms with Gasteiger partial charge in [0.1, 0.15) is 6.04 Å². The molecular weight excluding hydrogens is 228 g/mol. The number of hydrogen-bond acceptors (Lipinski definition) is 3. The van der Waals surface area contributed by atoms with Crippen molar-refractivity contribution < 1.29 is 9.90 Å². The van der Waals surface area contributed by atoms with Gasteiger partial charge < -0.3 is 15.3 Å². The summed E-state index contributed by atoms with van der Waals surface area (Å²) in [7, 11) is 1.73. The van der Waals surface area contributed by atoms with Gasteiger partial charge in [0.05, 0.1) is 0 Å². The lowest BCUT2D eigenvalue weighted by atomic mass is 9.68. The van der Waals surface area contributed by atoms with Crippen LogP contribution in [0, 0.1) is 5.41 Å². The molecule has 0 aromatic rings. The summed E-state index contributed by atoms with van der Waals surface area (Å²) in [5.74, 6) is -0.740. The standard InChI is InChI=1S/C14H26N2O2/c1-15-12(13(17)18)11-16-9-7-14(8-10-16)5-3-2-4-6-14/h12,15H,2-11H2,1H3,(H,17,18). The number of piperidine rings is 1. The fraction of sp³-hybridized carbons (Fsp3) is 0.929. The molecule has 1 aliphatic heterocycles. The zero-order valence-electron chi connectivity index (χ0n) is 11.5. The molecule has 1 heterocycles. The van der Waals surface area contributed by atoms with Crippen molar-refractivity contribution in [2.24, 2.45) is 5.41 Å². The first-order valence-electron chi connectivity index (χ1n) is 7.28. The smallest absolute Gasteiger partial charge is 0.322 e. The van der Waals surface area contributed by atoms with E-state index in [9.17, 15) is 4.79 Å². The minimum Gasteiger partial charge on any atom is -0.480 e. The highest BCUT2D eigenvalue weighted by Gasteiger charge is 2.36. The summed E-state index contributed by atoms with van der Waals surface area (Å²) in [6, 6.07) is -0.426. The number of carbonyl (C=O) groups is 1. The molecule has 2 rings (SSSR count). The highest BCUT2D eigenvalue weighted by molar-refractivity contribution is 5.73. The van der Waals surface area contributed by atoms with Gasteiger partial charge >= 0.3 is 5.97 Å². The van der Waals surface area contributed by atoms with E-state index in [1.54, 1.807) is 7.05 Å². The fourth-order valence-corrected chi connectivity index (χ4v) is 3.56. The first kappa shape index (κ1) is 13.8. The average molecular weight is 254 g/mol. The SMILES string of the molecule is CNC(CN1CCC2(CCCCC2)CC1)C(=O)O. The Morgan fingerprint density at radius 1 is 1.22 bits per heavy atom. The molecule has 1 saturated heterocycles. The van der Waals surface area contributed by atoms with Crippen molar-refractivity contribution >= 4 is 5.97 Å². The van der Waals surface area contributed by atoms with Crippen molar-refractivity contribution in [3.05, 3.63) is 0 Å². The average Bonchev–Trinajstić information content (AvgIpc) is 2.39. The fourth-order valence-electron chi connectivity index (χ4n) is 3.56. The number of aliphatic carboxylic acids is 1. The topological polar surface area (TPSA) is 52.6 Å². The molecule has 18 heavy (non-hydrogen) atoms. The third-order valence-electron chi connectivity index (χ3n) is 4.92. The van der Waals surface area contributed by atoms with Crippen molar-refractivity contribution in [1.82, 2.24) is 10.2 Å². The molecule has 1 saturated carbocycles. The number of carboxylic acids is 1. The molecule has 104 valence electrons. The number of rotatable bonds is 4. The van der Waals surface area contributed by atoms with Crippen LogP contribution < -0.4 is 5.32 Å². The van der Waals surface area contributed by atoms with Crippen LogP contribution in [0.15, 0.2) is 0 Å². The number of nitrogens with zero attached hydrogens (tertiary/aromatic N) is 1. The van der Waals surface area contributed by atoms with Gasteiger partial charge in [0.2, 0.25) is 0 Å². The van der Waals surface area contributed by atoms with Crippen LogP contribution in [0.1, 0.15) is 44.9 Å². The molecule has 4 nitrogen and oxygen atoms in total. The summed E-state index contributed by atoms with van der Waals surface area (Å²) in [5, 5.41) is 11.9. The summed E-state index contributed by atoms with van der Waals surface area (Å²) >= 11 is 0.